The third-order valence-electron chi connectivity index (χ3n) is 8.54. The second-order valence-electron chi connectivity index (χ2n) is 13.2. The molecule has 1 N–H and O–H groups in total. The van der Waals surface area contributed by atoms with Gasteiger partial charge in [0.05, 0.1) is 5.69 Å². The van der Waals surface area contributed by atoms with Gasteiger partial charge in [0.25, 0.3) is 0 Å². The van der Waals surface area contributed by atoms with Crippen LogP contribution in [0.2, 0.25) is 0 Å². The Balaban J connectivity index is 1.54. The summed E-state index contributed by atoms with van der Waals surface area (Å²) in [5.74, 6) is 0. The highest BCUT2D eigenvalue weighted by Gasteiger charge is 2.16. The molecule has 0 saturated heterocycles. The van der Waals surface area contributed by atoms with Crippen molar-refractivity contribution in [1.82, 2.24) is 0 Å². The summed E-state index contributed by atoms with van der Waals surface area (Å²) in [4.78, 5) is 0. The fourth-order valence-electron chi connectivity index (χ4n) is 6.92. The maximum absolute atomic E-state index is 5.03. The van der Waals surface area contributed by atoms with Crippen LogP contribution >= 0.6 is 0 Å². The SMILES string of the molecule is Cc1cc(C)cc(-c2cccc(-c3cc(C)cc(C)c3)c2N=NNc2c(-c3cc(C)cc(C)c3)cccc2-c2cc(C)cc(C)c2)c1. The van der Waals surface area contributed by atoms with Crippen LogP contribution in [0.3, 0.4) is 0 Å². The van der Waals surface area contributed by atoms with E-state index in [0.29, 0.717) is 0 Å². The predicted molar refractivity (Wildman–Crippen MR) is 201 cm³/mol. The summed E-state index contributed by atoms with van der Waals surface area (Å²) in [5.41, 5.74) is 23.9. The zero-order valence-electron chi connectivity index (χ0n) is 28.8. The molecule has 0 aromatic heterocycles. The van der Waals surface area contributed by atoms with Gasteiger partial charge in [-0.3, -0.25) is 5.43 Å². The van der Waals surface area contributed by atoms with Crippen LogP contribution in [0.4, 0.5) is 11.4 Å². The normalized spacial score (nSPS) is 11.3. The van der Waals surface area contributed by atoms with E-state index >= 15 is 0 Å². The van der Waals surface area contributed by atoms with E-state index in [1.54, 1.807) is 0 Å². The first-order valence-electron chi connectivity index (χ1n) is 16.3. The molecule has 3 heteroatoms. The summed E-state index contributed by atoms with van der Waals surface area (Å²) in [6.45, 7) is 17.2. The van der Waals surface area contributed by atoms with Crippen LogP contribution in [0.15, 0.2) is 120 Å². The van der Waals surface area contributed by atoms with Gasteiger partial charge < -0.3 is 0 Å². The lowest BCUT2D eigenvalue weighted by molar-refractivity contribution is 1.13. The molecule has 0 spiro atoms. The summed E-state index contributed by atoms with van der Waals surface area (Å²) < 4.78 is 0. The molecule has 6 aromatic rings. The molecule has 0 atom stereocenters. The largest absolute Gasteiger partial charge is 0.259 e. The number of hydrogen-bond donors (Lipinski definition) is 1. The van der Waals surface area contributed by atoms with Gasteiger partial charge >= 0.3 is 0 Å². The molecule has 0 radical (unpaired) electrons. The number of nitrogens with one attached hydrogen (secondary N) is 1. The summed E-state index contributed by atoms with van der Waals surface area (Å²) in [7, 11) is 0. The highest BCUT2D eigenvalue weighted by atomic mass is 15.4. The number of benzene rings is 6. The molecular weight excluding hydrogens is 571 g/mol. The summed E-state index contributed by atoms with van der Waals surface area (Å²) in [6.07, 6.45) is 0. The molecule has 0 aliphatic heterocycles. The van der Waals surface area contributed by atoms with Crippen LogP contribution in [0.5, 0.6) is 0 Å². The number of rotatable bonds is 7. The molecule has 0 aliphatic carbocycles. The fourth-order valence-corrected chi connectivity index (χ4v) is 6.92. The predicted octanol–water partition coefficient (Wildman–Crippen LogP) is 12.9. The third-order valence-corrected chi connectivity index (χ3v) is 8.54. The molecule has 6 rings (SSSR count). The van der Waals surface area contributed by atoms with Gasteiger partial charge in [0.2, 0.25) is 0 Å². The Kier molecular flexibility index (Phi) is 8.91. The minimum Gasteiger partial charge on any atom is -0.259 e. The van der Waals surface area contributed by atoms with Gasteiger partial charge in [0, 0.05) is 22.3 Å². The van der Waals surface area contributed by atoms with E-state index in [1.165, 1.54) is 44.5 Å². The third kappa shape index (κ3) is 7.10. The molecule has 0 heterocycles. The fraction of sp³-hybridized carbons (Fsp3) is 0.182. The van der Waals surface area contributed by atoms with E-state index in [0.717, 1.165) is 55.9 Å². The first-order valence-corrected chi connectivity index (χ1v) is 16.3. The van der Waals surface area contributed by atoms with Gasteiger partial charge in [-0.2, -0.15) is 0 Å². The molecule has 3 nitrogen and oxygen atoms in total. The minimum absolute atomic E-state index is 0.840. The molecule has 0 fully saturated rings. The number of hydrogen-bond acceptors (Lipinski definition) is 2. The monoisotopic (exact) mass is 613 g/mol. The van der Waals surface area contributed by atoms with Crippen LogP contribution in [-0.2, 0) is 0 Å². The Hall–Kier alpha value is -5.28. The Morgan fingerprint density at radius 3 is 0.957 bits per heavy atom. The molecule has 0 saturated carbocycles. The number of nitrogens with zero attached hydrogens (tertiary/aromatic N) is 2. The molecule has 0 bridgehead atoms. The number of aryl methyl sites for hydroxylation is 8. The first-order chi connectivity index (χ1) is 22.5. The molecule has 234 valence electrons. The van der Waals surface area contributed by atoms with Crippen molar-refractivity contribution in [1.29, 1.82) is 0 Å². The summed E-state index contributed by atoms with van der Waals surface area (Å²) >= 11 is 0. The minimum atomic E-state index is 0.840. The van der Waals surface area contributed by atoms with Crippen molar-refractivity contribution in [2.75, 3.05) is 5.43 Å². The molecular formula is C44H43N3. The van der Waals surface area contributed by atoms with Crippen LogP contribution < -0.4 is 5.43 Å². The second kappa shape index (κ2) is 13.2. The van der Waals surface area contributed by atoms with Crippen molar-refractivity contribution in [2.45, 2.75) is 55.4 Å². The Bertz CT molecular complexity index is 1930. The maximum Gasteiger partial charge on any atom is 0.103 e. The van der Waals surface area contributed by atoms with E-state index in [4.69, 9.17) is 10.3 Å². The molecule has 47 heavy (non-hydrogen) atoms. The van der Waals surface area contributed by atoms with Crippen molar-refractivity contribution in [3.05, 3.63) is 154 Å². The molecule has 0 amide bonds. The molecule has 6 aromatic carbocycles. The Labute approximate surface area is 280 Å². The summed E-state index contributed by atoms with van der Waals surface area (Å²) in [6, 6.07) is 39.6. The van der Waals surface area contributed by atoms with Gasteiger partial charge in [0.1, 0.15) is 5.69 Å². The zero-order chi connectivity index (χ0) is 33.2. The van der Waals surface area contributed by atoms with Crippen molar-refractivity contribution in [3.63, 3.8) is 0 Å². The van der Waals surface area contributed by atoms with E-state index in [2.05, 4.69) is 170 Å². The van der Waals surface area contributed by atoms with E-state index in [9.17, 15) is 0 Å². The van der Waals surface area contributed by atoms with Crippen LogP contribution in [-0.4, -0.2) is 0 Å². The van der Waals surface area contributed by atoms with Crippen molar-refractivity contribution < 1.29 is 0 Å². The van der Waals surface area contributed by atoms with Crippen molar-refractivity contribution in [2.24, 2.45) is 10.3 Å². The lowest BCUT2D eigenvalue weighted by Crippen LogP contribution is -1.96. The lowest BCUT2D eigenvalue weighted by atomic mass is 9.93. The van der Waals surface area contributed by atoms with E-state index in [-0.39, 0.29) is 0 Å². The number of anilines is 1. The first kappa shape index (κ1) is 31.7. The lowest BCUT2D eigenvalue weighted by Gasteiger charge is -2.17. The van der Waals surface area contributed by atoms with Crippen LogP contribution in [0.1, 0.15) is 44.5 Å². The molecule has 0 aliphatic rings. The van der Waals surface area contributed by atoms with Crippen LogP contribution in [0, 0.1) is 55.4 Å². The highest BCUT2D eigenvalue weighted by Crippen LogP contribution is 2.42. The Morgan fingerprint density at radius 1 is 0.362 bits per heavy atom. The zero-order valence-corrected chi connectivity index (χ0v) is 28.8. The smallest absolute Gasteiger partial charge is 0.103 e. The van der Waals surface area contributed by atoms with Gasteiger partial charge in [-0.25, -0.2) is 0 Å². The maximum atomic E-state index is 5.03. The van der Waals surface area contributed by atoms with Gasteiger partial charge in [0.15, 0.2) is 0 Å². The number of para-hydroxylation sites is 1. The van der Waals surface area contributed by atoms with Crippen LogP contribution in [0.25, 0.3) is 44.5 Å². The Morgan fingerprint density at radius 2 is 0.638 bits per heavy atom. The van der Waals surface area contributed by atoms with E-state index in [1.807, 2.05) is 0 Å². The second-order valence-corrected chi connectivity index (χ2v) is 13.2. The van der Waals surface area contributed by atoms with Gasteiger partial charge in [-0.05, 0) is 77.6 Å². The standard InChI is InChI=1S/C44H43N3/c1-27-15-28(2)20-35(19-27)39-11-9-12-40(36-21-29(3)16-30(4)22-36)43(39)45-47-46-44-41(37-23-31(5)17-32(6)24-37)13-10-14-42(44)38-25-33(7)18-34(8)26-38/h9-26H,1-8H3,(H,45,46). The molecule has 0 unspecified atom stereocenters. The topological polar surface area (TPSA) is 36.8 Å². The van der Waals surface area contributed by atoms with Gasteiger partial charge in [-0.1, -0.05) is 159 Å². The van der Waals surface area contributed by atoms with Crippen molar-refractivity contribution in [3.8, 4) is 44.5 Å². The van der Waals surface area contributed by atoms with Gasteiger partial charge in [-0.15, -0.1) is 5.11 Å². The highest BCUT2D eigenvalue weighted by molar-refractivity contribution is 5.91. The summed E-state index contributed by atoms with van der Waals surface area (Å²) in [5, 5.41) is 9.84. The van der Waals surface area contributed by atoms with E-state index < -0.39 is 0 Å². The average Bonchev–Trinajstić information content (AvgIpc) is 2.99. The average molecular weight is 614 g/mol. The van der Waals surface area contributed by atoms with Crippen molar-refractivity contribution >= 4 is 11.4 Å². The quantitative estimate of drug-likeness (QED) is 0.141.